The van der Waals surface area contributed by atoms with E-state index >= 15 is 0 Å². The van der Waals surface area contributed by atoms with Crippen LogP contribution < -0.4 is 4.72 Å². The minimum Gasteiger partial charge on any atom is -0.755 e. The van der Waals surface area contributed by atoms with E-state index in [0.717, 1.165) is 0 Å². The topological polar surface area (TPSA) is 89.5 Å². The second-order valence-corrected chi connectivity index (χ2v) is 6.05. The highest BCUT2D eigenvalue weighted by Gasteiger charge is 2.43. The van der Waals surface area contributed by atoms with Gasteiger partial charge in [0.2, 0.25) is 11.7 Å². The maximum atomic E-state index is 12.5. The number of rotatable bonds is 4. The van der Waals surface area contributed by atoms with Crippen LogP contribution in [0.1, 0.15) is 23.2 Å². The lowest BCUT2D eigenvalue weighted by Crippen LogP contribution is -2.38. The van der Waals surface area contributed by atoms with E-state index in [9.17, 15) is 18.4 Å². The van der Waals surface area contributed by atoms with Crippen molar-refractivity contribution < 1.29 is 18.4 Å². The third-order valence-corrected chi connectivity index (χ3v) is 4.57. The summed E-state index contributed by atoms with van der Waals surface area (Å²) >= 11 is -2.60. The molecule has 2 aliphatic rings. The monoisotopic (exact) mass is 319 g/mol. The first kappa shape index (κ1) is 14.9. The maximum Gasteiger partial charge on any atom is 0.236 e. The molecular formula is C15H15N2O4S-. The van der Waals surface area contributed by atoms with Crippen LogP contribution >= 0.6 is 0 Å². The van der Waals surface area contributed by atoms with Crippen LogP contribution in [-0.2, 0) is 16.1 Å². The van der Waals surface area contributed by atoms with Crippen molar-refractivity contribution in [2.24, 2.45) is 5.92 Å². The summed E-state index contributed by atoms with van der Waals surface area (Å²) in [6.45, 7) is 0.582. The summed E-state index contributed by atoms with van der Waals surface area (Å²) in [6.07, 6.45) is 2.97. The van der Waals surface area contributed by atoms with E-state index in [1.165, 1.54) is 0 Å². The number of Topliss-reactive ketones (excluding diaryl/α,β-unsaturated/α-hetero) is 1. The van der Waals surface area contributed by atoms with Crippen LogP contribution in [0.25, 0.3) is 0 Å². The Labute approximate surface area is 130 Å². The molecule has 1 aromatic rings. The number of allylic oxidation sites excluding steroid dienone is 1. The highest BCUT2D eigenvalue weighted by Crippen LogP contribution is 2.36. The Morgan fingerprint density at radius 3 is 2.68 bits per heavy atom. The van der Waals surface area contributed by atoms with Gasteiger partial charge in [0.15, 0.2) is 0 Å². The van der Waals surface area contributed by atoms with E-state index in [0.29, 0.717) is 30.6 Å². The summed E-state index contributed by atoms with van der Waals surface area (Å²) in [5.74, 6) is -0.963. The van der Waals surface area contributed by atoms with Crippen molar-refractivity contribution >= 4 is 23.0 Å². The summed E-state index contributed by atoms with van der Waals surface area (Å²) in [6, 6.07) is 8.86. The molecule has 2 aliphatic heterocycles. The highest BCUT2D eigenvalue weighted by atomic mass is 32.2. The van der Waals surface area contributed by atoms with Crippen LogP contribution in [0, 0.1) is 5.92 Å². The van der Waals surface area contributed by atoms with Gasteiger partial charge >= 0.3 is 0 Å². The Hall–Kier alpha value is -1.99. The molecule has 1 amide bonds. The molecule has 1 saturated heterocycles. The largest absolute Gasteiger partial charge is 0.755 e. The summed E-state index contributed by atoms with van der Waals surface area (Å²) in [4.78, 5) is 26.4. The van der Waals surface area contributed by atoms with Gasteiger partial charge in [0, 0.05) is 29.4 Å². The predicted molar refractivity (Wildman–Crippen MR) is 79.1 cm³/mol. The number of benzene rings is 1. The van der Waals surface area contributed by atoms with Crippen molar-refractivity contribution in [2.45, 2.75) is 18.9 Å². The van der Waals surface area contributed by atoms with Crippen LogP contribution in [0.2, 0.25) is 0 Å². The molecule has 7 heteroatoms. The van der Waals surface area contributed by atoms with Gasteiger partial charge in [-0.1, -0.05) is 36.4 Å². The van der Waals surface area contributed by atoms with Crippen LogP contribution in [0.3, 0.4) is 0 Å². The minimum absolute atomic E-state index is 0.0587. The summed E-state index contributed by atoms with van der Waals surface area (Å²) in [7, 11) is 0. The number of ketones is 1. The molecule has 0 saturated carbocycles. The molecule has 0 aromatic heterocycles. The van der Waals surface area contributed by atoms with Gasteiger partial charge < -0.3 is 9.45 Å². The quantitative estimate of drug-likeness (QED) is 0.653. The van der Waals surface area contributed by atoms with Crippen LogP contribution in [0.4, 0.5) is 0 Å². The number of nitrogens with zero attached hydrogens (tertiary/aromatic N) is 1. The van der Waals surface area contributed by atoms with Gasteiger partial charge in [-0.2, -0.15) is 0 Å². The van der Waals surface area contributed by atoms with Crippen molar-refractivity contribution in [3.8, 4) is 0 Å². The molecule has 3 atom stereocenters. The fraction of sp³-hybridized carbons (Fsp3) is 0.333. The first-order valence-corrected chi connectivity index (χ1v) is 8.11. The van der Waals surface area contributed by atoms with Crippen molar-refractivity contribution in [3.63, 3.8) is 0 Å². The molecule has 1 fully saturated rings. The maximum absolute atomic E-state index is 12.5. The first-order valence-electron chi connectivity index (χ1n) is 7.04. The average molecular weight is 319 g/mol. The normalized spacial score (nSPS) is 24.6. The van der Waals surface area contributed by atoms with E-state index in [-0.39, 0.29) is 11.8 Å². The molecule has 1 N–H and O–H groups in total. The van der Waals surface area contributed by atoms with Gasteiger partial charge in [-0.15, -0.1) is 0 Å². The van der Waals surface area contributed by atoms with Crippen molar-refractivity contribution in [1.82, 2.24) is 9.62 Å². The molecule has 1 aromatic carbocycles. The molecule has 0 radical (unpaired) electrons. The zero-order chi connectivity index (χ0) is 15.7. The fourth-order valence-corrected chi connectivity index (χ4v) is 3.53. The third kappa shape index (κ3) is 2.69. The van der Waals surface area contributed by atoms with E-state index in [4.69, 9.17) is 0 Å². The first-order chi connectivity index (χ1) is 10.6. The van der Waals surface area contributed by atoms with Gasteiger partial charge in [-0.3, -0.25) is 18.5 Å². The van der Waals surface area contributed by atoms with E-state index in [1.54, 1.807) is 12.1 Å². The molecule has 3 rings (SSSR count). The number of hydrogen-bond donors (Lipinski definition) is 1. The van der Waals surface area contributed by atoms with Gasteiger partial charge in [-0.25, -0.2) is 0 Å². The Kier molecular flexibility index (Phi) is 4.08. The second kappa shape index (κ2) is 6.02. The van der Waals surface area contributed by atoms with Crippen LogP contribution in [0.5, 0.6) is 0 Å². The van der Waals surface area contributed by atoms with Gasteiger partial charge in [0.05, 0.1) is 11.6 Å². The van der Waals surface area contributed by atoms with Crippen molar-refractivity contribution in [2.75, 3.05) is 6.54 Å². The third-order valence-electron chi connectivity index (χ3n) is 4.20. The fourth-order valence-electron chi connectivity index (χ4n) is 3.22. The standard InChI is InChI=1S/C15H16N2O4S/c18-14(10-4-2-1-3-5-10)13-7-6-12-11(8-9-17(12)13)15(19)16-22(20)21/h1-5,7,11-12H,6,8-9H2,(H,16,19)(H,20,21)/p-1. The molecule has 0 bridgehead atoms. The number of fused-ring (bicyclic) bond motifs is 1. The summed E-state index contributed by atoms with van der Waals surface area (Å²) < 4.78 is 23.1. The van der Waals surface area contributed by atoms with Crippen LogP contribution in [-0.4, -0.2) is 37.9 Å². The number of carbonyl (C=O) groups excluding carboxylic acids is 2. The molecule has 0 spiro atoms. The lowest BCUT2D eigenvalue weighted by atomic mass is 9.98. The lowest BCUT2D eigenvalue weighted by Gasteiger charge is -2.24. The summed E-state index contributed by atoms with van der Waals surface area (Å²) in [5, 5.41) is 0. The number of nitrogens with one attached hydrogen (secondary N) is 1. The molecular weight excluding hydrogens is 304 g/mol. The summed E-state index contributed by atoms with van der Waals surface area (Å²) in [5.41, 5.74) is 1.22. The molecule has 0 aliphatic carbocycles. The Morgan fingerprint density at radius 2 is 2.00 bits per heavy atom. The van der Waals surface area contributed by atoms with Crippen LogP contribution in [0.15, 0.2) is 42.1 Å². The second-order valence-electron chi connectivity index (χ2n) is 5.38. The zero-order valence-corrected chi connectivity index (χ0v) is 12.5. The number of amides is 1. The molecule has 3 unspecified atom stereocenters. The Morgan fingerprint density at radius 1 is 1.27 bits per heavy atom. The molecule has 6 nitrogen and oxygen atoms in total. The highest BCUT2D eigenvalue weighted by molar-refractivity contribution is 7.77. The lowest BCUT2D eigenvalue weighted by molar-refractivity contribution is -0.123. The van der Waals surface area contributed by atoms with E-state index < -0.39 is 23.1 Å². The number of hydrogen-bond acceptors (Lipinski definition) is 5. The average Bonchev–Trinajstić information content (AvgIpc) is 3.08. The Balaban J connectivity index is 1.74. The van der Waals surface area contributed by atoms with Crippen molar-refractivity contribution in [1.29, 1.82) is 0 Å². The minimum atomic E-state index is -2.60. The SMILES string of the molecule is O=C(C1=CCC2C(C(=O)NS(=O)[O-])CCN12)c1ccccc1. The predicted octanol–water partition coefficient (Wildman–Crippen LogP) is 0.758. The van der Waals surface area contributed by atoms with Gasteiger partial charge in [-0.05, 0) is 12.8 Å². The Bertz CT molecular complexity index is 659. The van der Waals surface area contributed by atoms with Crippen molar-refractivity contribution in [3.05, 3.63) is 47.7 Å². The molecule has 22 heavy (non-hydrogen) atoms. The van der Waals surface area contributed by atoms with Gasteiger partial charge in [0.25, 0.3) is 0 Å². The molecule has 2 heterocycles. The molecule has 116 valence electrons. The van der Waals surface area contributed by atoms with E-state index in [2.05, 4.69) is 0 Å². The van der Waals surface area contributed by atoms with Gasteiger partial charge in [0.1, 0.15) is 0 Å². The smallest absolute Gasteiger partial charge is 0.236 e. The number of carbonyl (C=O) groups is 2. The van der Waals surface area contributed by atoms with E-state index in [1.807, 2.05) is 33.9 Å². The zero-order valence-electron chi connectivity index (χ0n) is 11.7.